The van der Waals surface area contributed by atoms with Gasteiger partial charge in [0.05, 0.1) is 40.0 Å². The molecule has 55 heavy (non-hydrogen) atoms. The van der Waals surface area contributed by atoms with E-state index >= 15 is 0 Å². The molecule has 0 radical (unpaired) electrons. The molecule has 2 saturated heterocycles. The van der Waals surface area contributed by atoms with Crippen molar-refractivity contribution in [2.24, 2.45) is 16.7 Å². The van der Waals surface area contributed by atoms with E-state index in [2.05, 4.69) is 0 Å². The summed E-state index contributed by atoms with van der Waals surface area (Å²) in [6.07, 6.45) is -4.73. The molecule has 0 amide bonds. The van der Waals surface area contributed by atoms with Crippen molar-refractivity contribution in [2.45, 2.75) is 88.7 Å². The third-order valence-electron chi connectivity index (χ3n) is 12.9. The zero-order valence-corrected chi connectivity index (χ0v) is 31.1. The lowest BCUT2D eigenvalue weighted by Crippen LogP contribution is -2.87. The van der Waals surface area contributed by atoms with Gasteiger partial charge in [-0.05, 0) is 68.3 Å². The Morgan fingerprint density at radius 2 is 1.27 bits per heavy atom. The lowest BCUT2D eigenvalue weighted by atomic mass is 9.37. The molecule has 3 aliphatic carbocycles. The predicted molar refractivity (Wildman–Crippen MR) is 192 cm³/mol. The Morgan fingerprint density at radius 1 is 0.764 bits per heavy atom. The molecular weight excluding hydrogens is 708 g/mol. The van der Waals surface area contributed by atoms with Crippen molar-refractivity contribution in [1.82, 2.24) is 0 Å². The van der Waals surface area contributed by atoms with Crippen LogP contribution in [0, 0.1) is 16.7 Å². The Bertz CT molecular complexity index is 2110. The number of cyclic esters (lactones) is 1. The van der Waals surface area contributed by atoms with Crippen LogP contribution >= 0.6 is 0 Å². The topological polar surface area (TPSA) is 161 Å². The maximum Gasteiger partial charge on any atom is 0.343 e. The average Bonchev–Trinajstić information content (AvgIpc) is 3.47. The van der Waals surface area contributed by atoms with Gasteiger partial charge in [0.1, 0.15) is 30.0 Å². The van der Waals surface area contributed by atoms with Crippen molar-refractivity contribution in [2.75, 3.05) is 6.61 Å². The Balaban J connectivity index is 1.38. The molecular formula is C43H42O12. The highest BCUT2D eigenvalue weighted by atomic mass is 16.6. The molecule has 286 valence electrons. The molecule has 12 heteroatoms. The van der Waals surface area contributed by atoms with Crippen molar-refractivity contribution in [3.8, 4) is 0 Å². The van der Waals surface area contributed by atoms with Gasteiger partial charge in [0.25, 0.3) is 0 Å². The second kappa shape index (κ2) is 12.6. The summed E-state index contributed by atoms with van der Waals surface area (Å²) in [4.78, 5) is 69.8. The van der Waals surface area contributed by atoms with E-state index in [9.17, 15) is 29.1 Å². The number of fused-ring (bicyclic) bond motifs is 4. The third-order valence-corrected chi connectivity index (χ3v) is 12.9. The molecule has 3 aromatic carbocycles. The number of esters is 5. The molecule has 3 aromatic rings. The van der Waals surface area contributed by atoms with E-state index in [0.717, 1.165) is 0 Å². The van der Waals surface area contributed by atoms with Crippen LogP contribution < -0.4 is 0 Å². The van der Waals surface area contributed by atoms with E-state index in [1.165, 1.54) is 6.92 Å². The molecule has 1 N–H and O–H groups in total. The van der Waals surface area contributed by atoms with Crippen LogP contribution in [0.5, 0.6) is 0 Å². The molecule has 12 nitrogen and oxygen atoms in total. The van der Waals surface area contributed by atoms with Crippen LogP contribution in [-0.2, 0) is 38.0 Å². The number of ether oxygens (including phenoxy) is 6. The van der Waals surface area contributed by atoms with E-state index in [1.54, 1.807) is 119 Å². The van der Waals surface area contributed by atoms with Crippen molar-refractivity contribution >= 4 is 29.8 Å². The SMILES string of the molecule is CC(=O)O[C@@]12CO[C@@H]1C[C@H](OC(=O)c1ccccc1)[C@]1(C)C2[C@H](OC(=O)c2ccccc2)[C@@]23C[C@H](OC(=O)c4ccccc4)C(C)=C2[C@]1(O)C(=O)OC3(C)C. The number of carbonyl (C=O) groups excluding carboxylic acids is 5. The quantitative estimate of drug-likeness (QED) is 0.192. The fourth-order valence-electron chi connectivity index (χ4n) is 10.4. The Hall–Kier alpha value is -5.33. The second-order valence-electron chi connectivity index (χ2n) is 15.9. The van der Waals surface area contributed by atoms with Gasteiger partial charge in [0, 0.05) is 19.8 Å². The molecule has 0 aromatic heterocycles. The number of hydrogen-bond acceptors (Lipinski definition) is 12. The Morgan fingerprint density at radius 3 is 1.76 bits per heavy atom. The van der Waals surface area contributed by atoms with Gasteiger partial charge >= 0.3 is 29.8 Å². The first kappa shape index (κ1) is 36.6. The predicted octanol–water partition coefficient (Wildman–Crippen LogP) is 5.18. The van der Waals surface area contributed by atoms with Crippen LogP contribution in [0.25, 0.3) is 0 Å². The van der Waals surface area contributed by atoms with Gasteiger partial charge < -0.3 is 33.5 Å². The highest BCUT2D eigenvalue weighted by molar-refractivity contribution is 5.93. The van der Waals surface area contributed by atoms with Crippen LogP contribution in [0.4, 0.5) is 0 Å². The van der Waals surface area contributed by atoms with Crippen LogP contribution in [-0.4, -0.2) is 82.8 Å². The molecule has 2 saturated carbocycles. The molecule has 2 aliphatic heterocycles. The Kier molecular flexibility index (Phi) is 8.40. The van der Waals surface area contributed by atoms with Gasteiger partial charge in [-0.25, -0.2) is 19.2 Å². The van der Waals surface area contributed by atoms with Gasteiger partial charge in [0.15, 0.2) is 11.2 Å². The molecule has 0 spiro atoms. The van der Waals surface area contributed by atoms with E-state index in [1.807, 2.05) is 0 Å². The summed E-state index contributed by atoms with van der Waals surface area (Å²) in [7, 11) is 0. The smallest absolute Gasteiger partial charge is 0.343 e. The van der Waals surface area contributed by atoms with Gasteiger partial charge in [-0.15, -0.1) is 0 Å². The highest BCUT2D eigenvalue weighted by Gasteiger charge is 2.88. The summed E-state index contributed by atoms with van der Waals surface area (Å²) in [5, 5.41) is 13.6. The maximum absolute atomic E-state index is 14.8. The molecule has 8 rings (SSSR count). The minimum absolute atomic E-state index is 0.0786. The van der Waals surface area contributed by atoms with Crippen LogP contribution in [0.15, 0.2) is 102 Å². The summed E-state index contributed by atoms with van der Waals surface area (Å²) in [6, 6.07) is 24.9. The van der Waals surface area contributed by atoms with E-state index in [-0.39, 0.29) is 41.7 Å². The molecule has 4 fully saturated rings. The standard InChI is InChI=1S/C43H42O12/c1-24-29(51-35(45)26-15-9-6-10-16-26)22-41-32(24)43(49,38(48)55-39(41,3)4)40(5)30(52-36(46)27-17-11-7-12-18-27)21-31-42(23-50-31,54-25(2)44)33(40)34(41)53-37(47)28-19-13-8-14-20-28/h6-20,29-31,33-34,49H,21-23H2,1-5H3/t29-,30-,31+,33?,34-,40+,41+,42-,43-/m0/s1. The van der Waals surface area contributed by atoms with E-state index in [4.69, 9.17) is 28.4 Å². The average molecular weight is 751 g/mol. The van der Waals surface area contributed by atoms with Crippen LogP contribution in [0.3, 0.4) is 0 Å². The van der Waals surface area contributed by atoms with E-state index < -0.39 is 87.8 Å². The maximum atomic E-state index is 14.8. The fraction of sp³-hybridized carbons (Fsp3) is 0.419. The van der Waals surface area contributed by atoms with Crippen molar-refractivity contribution in [1.29, 1.82) is 0 Å². The highest BCUT2D eigenvalue weighted by Crippen LogP contribution is 2.76. The van der Waals surface area contributed by atoms with Crippen LogP contribution in [0.1, 0.15) is 78.5 Å². The number of rotatable bonds is 7. The first-order valence-electron chi connectivity index (χ1n) is 18.4. The number of carbonyl (C=O) groups is 5. The fourth-order valence-corrected chi connectivity index (χ4v) is 10.4. The number of aliphatic hydroxyl groups is 1. The summed E-state index contributed by atoms with van der Waals surface area (Å²) in [6.45, 7) is 7.65. The third kappa shape index (κ3) is 5.00. The molecule has 2 heterocycles. The minimum atomic E-state index is -2.59. The Labute approximate surface area is 317 Å². The van der Waals surface area contributed by atoms with Gasteiger partial charge in [-0.3, -0.25) is 4.79 Å². The van der Waals surface area contributed by atoms with Crippen LogP contribution in [0.2, 0.25) is 0 Å². The zero-order valence-electron chi connectivity index (χ0n) is 31.1. The first-order chi connectivity index (χ1) is 26.1. The lowest BCUT2D eigenvalue weighted by Gasteiger charge is -2.74. The summed E-state index contributed by atoms with van der Waals surface area (Å²) in [5.41, 5.74) is -7.93. The van der Waals surface area contributed by atoms with Gasteiger partial charge in [0.2, 0.25) is 0 Å². The molecule has 5 aliphatic rings. The van der Waals surface area contributed by atoms with E-state index in [0.29, 0.717) is 5.57 Å². The molecule has 9 atom stereocenters. The van der Waals surface area contributed by atoms with Crippen molar-refractivity contribution in [3.63, 3.8) is 0 Å². The summed E-state index contributed by atoms with van der Waals surface area (Å²) in [5.74, 6) is -5.06. The molecule has 2 bridgehead atoms. The van der Waals surface area contributed by atoms with Crippen molar-refractivity contribution in [3.05, 3.63) is 119 Å². The van der Waals surface area contributed by atoms with Crippen molar-refractivity contribution < 1.29 is 57.5 Å². The number of hydrogen-bond donors (Lipinski definition) is 1. The minimum Gasteiger partial charge on any atom is -0.458 e. The summed E-state index contributed by atoms with van der Waals surface area (Å²) >= 11 is 0. The molecule has 1 unspecified atom stereocenters. The summed E-state index contributed by atoms with van der Waals surface area (Å²) < 4.78 is 37.8. The first-order valence-corrected chi connectivity index (χ1v) is 18.4. The van der Waals surface area contributed by atoms with Gasteiger partial charge in [-0.1, -0.05) is 61.5 Å². The number of benzene rings is 3. The zero-order chi connectivity index (χ0) is 39.1. The van der Waals surface area contributed by atoms with Gasteiger partial charge in [-0.2, -0.15) is 0 Å². The second-order valence-corrected chi connectivity index (χ2v) is 15.9. The normalized spacial score (nSPS) is 35.1. The monoisotopic (exact) mass is 750 g/mol. The lowest BCUT2D eigenvalue weighted by molar-refractivity contribution is -0.380. The largest absolute Gasteiger partial charge is 0.458 e.